The molecule has 0 heterocycles. The molecular formula is C24H25N. The van der Waals surface area contributed by atoms with Crippen LogP contribution < -0.4 is 5.73 Å². The summed E-state index contributed by atoms with van der Waals surface area (Å²) in [5.74, 6) is 0. The normalized spacial score (nSPS) is 11.7. The van der Waals surface area contributed by atoms with Crippen LogP contribution in [0, 0.1) is 0 Å². The lowest BCUT2D eigenvalue weighted by Gasteiger charge is -2.33. The molecule has 3 rings (SSSR count). The zero-order valence-corrected chi connectivity index (χ0v) is 14.5. The maximum atomic E-state index is 6.33. The average molecular weight is 327 g/mol. The SMILES string of the molecule is NCC(CC=CCc1ccccc1)(c1ccccc1)c1ccccc1. The first-order valence-corrected chi connectivity index (χ1v) is 8.85. The van der Waals surface area contributed by atoms with Gasteiger partial charge in [-0.25, -0.2) is 0 Å². The smallest absolute Gasteiger partial charge is 0.0359 e. The Balaban J connectivity index is 1.86. The van der Waals surface area contributed by atoms with E-state index in [1.54, 1.807) is 0 Å². The van der Waals surface area contributed by atoms with Crippen molar-refractivity contribution in [2.45, 2.75) is 18.3 Å². The Morgan fingerprint density at radius 1 is 0.640 bits per heavy atom. The lowest BCUT2D eigenvalue weighted by molar-refractivity contribution is 0.532. The van der Waals surface area contributed by atoms with Crippen LogP contribution in [-0.2, 0) is 11.8 Å². The van der Waals surface area contributed by atoms with Gasteiger partial charge in [0.2, 0.25) is 0 Å². The second-order valence-electron chi connectivity index (χ2n) is 6.38. The highest BCUT2D eigenvalue weighted by molar-refractivity contribution is 5.40. The van der Waals surface area contributed by atoms with Crippen LogP contribution in [0.2, 0.25) is 0 Å². The minimum atomic E-state index is -0.185. The van der Waals surface area contributed by atoms with Crippen LogP contribution in [0.4, 0.5) is 0 Å². The van der Waals surface area contributed by atoms with E-state index >= 15 is 0 Å². The molecule has 0 spiro atoms. The fourth-order valence-corrected chi connectivity index (χ4v) is 3.35. The maximum Gasteiger partial charge on any atom is 0.0359 e. The van der Waals surface area contributed by atoms with Crippen molar-refractivity contribution in [1.29, 1.82) is 0 Å². The van der Waals surface area contributed by atoms with E-state index in [1.165, 1.54) is 16.7 Å². The standard InChI is InChI=1S/C24H25N/c25-20-24(22-15-6-2-7-16-22,23-17-8-3-9-18-23)19-11-10-14-21-12-4-1-5-13-21/h1-13,15-18H,14,19-20,25H2. The maximum absolute atomic E-state index is 6.33. The largest absolute Gasteiger partial charge is 0.329 e. The molecule has 0 unspecified atom stereocenters. The zero-order valence-electron chi connectivity index (χ0n) is 14.5. The van der Waals surface area contributed by atoms with Gasteiger partial charge in [0.25, 0.3) is 0 Å². The molecule has 1 nitrogen and oxygen atoms in total. The van der Waals surface area contributed by atoms with E-state index in [0.717, 1.165) is 12.8 Å². The number of hydrogen-bond donors (Lipinski definition) is 1. The summed E-state index contributed by atoms with van der Waals surface area (Å²) >= 11 is 0. The lowest BCUT2D eigenvalue weighted by atomic mass is 9.72. The molecule has 3 aromatic rings. The van der Waals surface area contributed by atoms with Crippen LogP contribution in [0.5, 0.6) is 0 Å². The van der Waals surface area contributed by atoms with Crippen LogP contribution in [0.25, 0.3) is 0 Å². The van der Waals surface area contributed by atoms with Gasteiger partial charge >= 0.3 is 0 Å². The molecule has 0 atom stereocenters. The molecule has 0 radical (unpaired) electrons. The third-order valence-electron chi connectivity index (χ3n) is 4.83. The predicted molar refractivity (Wildman–Crippen MR) is 107 cm³/mol. The summed E-state index contributed by atoms with van der Waals surface area (Å²) in [6, 6.07) is 31.8. The van der Waals surface area contributed by atoms with Crippen molar-refractivity contribution in [2.24, 2.45) is 5.73 Å². The van der Waals surface area contributed by atoms with Gasteiger partial charge in [0.15, 0.2) is 0 Å². The third-order valence-corrected chi connectivity index (χ3v) is 4.83. The van der Waals surface area contributed by atoms with E-state index < -0.39 is 0 Å². The molecule has 126 valence electrons. The van der Waals surface area contributed by atoms with E-state index in [4.69, 9.17) is 5.73 Å². The summed E-state index contributed by atoms with van der Waals surface area (Å²) in [5, 5.41) is 0. The van der Waals surface area contributed by atoms with Crippen LogP contribution in [0.1, 0.15) is 23.1 Å². The molecule has 0 aliphatic heterocycles. The molecule has 0 bridgehead atoms. The van der Waals surface area contributed by atoms with E-state index in [1.807, 2.05) is 0 Å². The van der Waals surface area contributed by atoms with Crippen molar-refractivity contribution in [1.82, 2.24) is 0 Å². The molecule has 0 saturated heterocycles. The third kappa shape index (κ3) is 4.07. The Bertz CT molecular complexity index is 737. The molecule has 2 N–H and O–H groups in total. The molecule has 0 aliphatic rings. The summed E-state index contributed by atoms with van der Waals surface area (Å²) < 4.78 is 0. The quantitative estimate of drug-likeness (QED) is 0.599. The van der Waals surface area contributed by atoms with E-state index in [-0.39, 0.29) is 5.41 Å². The monoisotopic (exact) mass is 327 g/mol. The van der Waals surface area contributed by atoms with Gasteiger partial charge in [-0.15, -0.1) is 0 Å². The van der Waals surface area contributed by atoms with Gasteiger partial charge in [0, 0.05) is 12.0 Å². The highest BCUT2D eigenvalue weighted by Crippen LogP contribution is 2.35. The minimum absolute atomic E-state index is 0.185. The van der Waals surface area contributed by atoms with Gasteiger partial charge in [0.1, 0.15) is 0 Å². The van der Waals surface area contributed by atoms with E-state index in [9.17, 15) is 0 Å². The summed E-state index contributed by atoms with van der Waals surface area (Å²) in [7, 11) is 0. The Morgan fingerprint density at radius 3 is 1.60 bits per heavy atom. The highest BCUT2D eigenvalue weighted by atomic mass is 14.6. The van der Waals surface area contributed by atoms with Gasteiger partial charge in [-0.05, 0) is 29.5 Å². The van der Waals surface area contributed by atoms with Gasteiger partial charge in [-0.2, -0.15) is 0 Å². The summed E-state index contributed by atoms with van der Waals surface area (Å²) in [6.07, 6.45) is 6.38. The first-order chi connectivity index (χ1) is 12.3. The van der Waals surface area contributed by atoms with Gasteiger partial charge < -0.3 is 5.73 Å². The highest BCUT2D eigenvalue weighted by Gasteiger charge is 2.31. The van der Waals surface area contributed by atoms with E-state index in [0.29, 0.717) is 6.54 Å². The molecule has 25 heavy (non-hydrogen) atoms. The number of hydrogen-bond acceptors (Lipinski definition) is 1. The fourth-order valence-electron chi connectivity index (χ4n) is 3.35. The fraction of sp³-hybridized carbons (Fsp3) is 0.167. The topological polar surface area (TPSA) is 26.0 Å². The number of allylic oxidation sites excluding steroid dienone is 2. The Labute approximate surface area is 150 Å². The van der Waals surface area contributed by atoms with Gasteiger partial charge in [-0.1, -0.05) is 103 Å². The van der Waals surface area contributed by atoms with Crippen molar-refractivity contribution >= 4 is 0 Å². The van der Waals surface area contributed by atoms with Crippen molar-refractivity contribution in [3.63, 3.8) is 0 Å². The molecular weight excluding hydrogens is 302 g/mol. The summed E-state index contributed by atoms with van der Waals surface area (Å²) in [6.45, 7) is 0.580. The lowest BCUT2D eigenvalue weighted by Crippen LogP contribution is -2.36. The van der Waals surface area contributed by atoms with E-state index in [2.05, 4.69) is 103 Å². The van der Waals surface area contributed by atoms with Gasteiger partial charge in [0.05, 0.1) is 0 Å². The predicted octanol–water partition coefficient (Wildman–Crippen LogP) is 5.12. The molecule has 0 saturated carbocycles. The van der Waals surface area contributed by atoms with Crippen LogP contribution >= 0.6 is 0 Å². The van der Waals surface area contributed by atoms with Crippen LogP contribution in [0.3, 0.4) is 0 Å². The molecule has 0 fully saturated rings. The molecule has 0 aliphatic carbocycles. The first kappa shape index (κ1) is 17.2. The summed E-state index contributed by atoms with van der Waals surface area (Å²) in [5.41, 5.74) is 10.0. The number of benzene rings is 3. The Kier molecular flexibility index (Phi) is 5.81. The van der Waals surface area contributed by atoms with Crippen molar-refractivity contribution in [2.75, 3.05) is 6.54 Å². The minimum Gasteiger partial charge on any atom is -0.329 e. The Hall–Kier alpha value is -2.64. The van der Waals surface area contributed by atoms with Crippen molar-refractivity contribution in [3.8, 4) is 0 Å². The van der Waals surface area contributed by atoms with Crippen molar-refractivity contribution < 1.29 is 0 Å². The first-order valence-electron chi connectivity index (χ1n) is 8.85. The second kappa shape index (κ2) is 8.46. The second-order valence-corrected chi connectivity index (χ2v) is 6.38. The Morgan fingerprint density at radius 2 is 1.12 bits per heavy atom. The van der Waals surface area contributed by atoms with Crippen LogP contribution in [0.15, 0.2) is 103 Å². The average Bonchev–Trinajstić information content (AvgIpc) is 2.71. The number of rotatable bonds is 7. The molecule has 1 heteroatoms. The van der Waals surface area contributed by atoms with Crippen molar-refractivity contribution in [3.05, 3.63) is 120 Å². The molecule has 3 aromatic carbocycles. The molecule has 0 aromatic heterocycles. The van der Waals surface area contributed by atoms with Gasteiger partial charge in [-0.3, -0.25) is 0 Å². The molecule has 0 amide bonds. The zero-order chi connectivity index (χ0) is 17.4. The number of nitrogens with two attached hydrogens (primary N) is 1. The van der Waals surface area contributed by atoms with Crippen LogP contribution in [-0.4, -0.2) is 6.54 Å². The summed E-state index contributed by atoms with van der Waals surface area (Å²) in [4.78, 5) is 0.